The Bertz CT molecular complexity index is 448. The van der Waals surface area contributed by atoms with Gasteiger partial charge in [-0.1, -0.05) is 0 Å². The summed E-state index contributed by atoms with van der Waals surface area (Å²) in [4.78, 5) is 2.07. The quantitative estimate of drug-likeness (QED) is 0.592. The van der Waals surface area contributed by atoms with Crippen LogP contribution in [0.25, 0.3) is 0 Å². The average Bonchev–Trinajstić information content (AvgIpc) is 2.01. The van der Waals surface area contributed by atoms with E-state index in [-0.39, 0.29) is 0 Å². The largest absolute Gasteiger partial charge is 0.280 e. The maximum absolute atomic E-state index is 12.6. The van der Waals surface area contributed by atoms with Crippen LogP contribution in [0, 0.1) is 5.95 Å². The summed E-state index contributed by atoms with van der Waals surface area (Å²) in [7, 11) is 0.618. The second-order valence-electron chi connectivity index (χ2n) is 2.29. The van der Waals surface area contributed by atoms with E-state index in [1.54, 1.807) is 0 Å². The Morgan fingerprint density at radius 3 is 2.36 bits per heavy atom. The molecule has 0 bridgehead atoms. The summed E-state index contributed by atoms with van der Waals surface area (Å²) in [5.41, 5.74) is -0.968. The summed E-state index contributed by atoms with van der Waals surface area (Å²) < 4.78 is 58.0. The zero-order valence-corrected chi connectivity index (χ0v) is 7.99. The maximum atomic E-state index is 12.6. The summed E-state index contributed by atoms with van der Waals surface area (Å²) in [6, 6.07) is 0.990. The molecule has 0 fully saturated rings. The third-order valence-electron chi connectivity index (χ3n) is 1.29. The van der Waals surface area contributed by atoms with Gasteiger partial charge in [0.05, 0.1) is 4.90 Å². The van der Waals surface area contributed by atoms with Crippen molar-refractivity contribution in [2.24, 2.45) is 0 Å². The van der Waals surface area contributed by atoms with Gasteiger partial charge in [0, 0.05) is 16.7 Å². The lowest BCUT2D eigenvalue weighted by Gasteiger charge is -2.01. The van der Waals surface area contributed by atoms with E-state index in [0.717, 1.165) is 0 Å². The molecular weight excluding hydrogens is 243 g/mol. The van der Waals surface area contributed by atoms with Crippen molar-refractivity contribution in [2.45, 2.75) is 11.3 Å². The number of hydrogen-bond acceptors (Lipinski definition) is 3. The van der Waals surface area contributed by atoms with Gasteiger partial charge in [-0.3, -0.25) is 0 Å². The Kier molecular flexibility index (Phi) is 3.01. The van der Waals surface area contributed by atoms with E-state index in [4.69, 9.17) is 10.7 Å². The van der Waals surface area contributed by atoms with Gasteiger partial charge < -0.3 is 0 Å². The van der Waals surface area contributed by atoms with Crippen molar-refractivity contribution >= 4 is 19.7 Å². The van der Waals surface area contributed by atoms with Gasteiger partial charge in [-0.15, -0.1) is 0 Å². The van der Waals surface area contributed by atoms with E-state index in [0.29, 0.717) is 12.1 Å². The monoisotopic (exact) mass is 245 g/mol. The predicted octanol–water partition coefficient (Wildman–Crippen LogP) is 2.09. The molecule has 0 saturated heterocycles. The molecule has 0 amide bonds. The highest BCUT2D eigenvalue weighted by Crippen LogP contribution is 2.22. The van der Waals surface area contributed by atoms with E-state index in [1.807, 2.05) is 0 Å². The highest BCUT2D eigenvalue weighted by atomic mass is 35.7. The summed E-state index contributed by atoms with van der Waals surface area (Å²) in [5.74, 6) is -1.32. The van der Waals surface area contributed by atoms with Crippen molar-refractivity contribution in [1.82, 2.24) is 4.98 Å². The van der Waals surface area contributed by atoms with Crippen molar-refractivity contribution < 1.29 is 21.6 Å². The van der Waals surface area contributed by atoms with E-state index in [1.165, 1.54) is 0 Å². The van der Waals surface area contributed by atoms with Crippen molar-refractivity contribution in [3.63, 3.8) is 0 Å². The molecule has 1 aromatic heterocycles. The number of alkyl halides is 2. The average molecular weight is 246 g/mol. The first-order chi connectivity index (χ1) is 6.30. The van der Waals surface area contributed by atoms with Crippen molar-refractivity contribution in [1.29, 1.82) is 0 Å². The highest BCUT2D eigenvalue weighted by molar-refractivity contribution is 8.13. The number of pyridine rings is 1. The molecule has 1 heterocycles. The molecule has 1 rings (SSSR count). The molecule has 0 aliphatic rings. The molecule has 3 nitrogen and oxygen atoms in total. The maximum Gasteiger partial charge on any atom is 0.280 e. The standard InChI is InChI=1S/C6H3ClF3NO2S/c7-14(12,13)3-1-4(6(9)10)11-5(8)2-3/h1-2,6H. The van der Waals surface area contributed by atoms with Crippen molar-refractivity contribution in [3.05, 3.63) is 23.8 Å². The minimum atomic E-state index is -4.22. The van der Waals surface area contributed by atoms with Crippen LogP contribution in [0.4, 0.5) is 13.2 Å². The van der Waals surface area contributed by atoms with Crippen LogP contribution in [0.1, 0.15) is 12.1 Å². The first-order valence-electron chi connectivity index (χ1n) is 3.21. The Morgan fingerprint density at radius 2 is 1.93 bits per heavy atom. The third-order valence-corrected chi connectivity index (χ3v) is 2.63. The SMILES string of the molecule is O=S(=O)(Cl)c1cc(F)nc(C(F)F)c1. The Hall–Kier alpha value is -0.820. The first-order valence-corrected chi connectivity index (χ1v) is 5.52. The normalized spacial score (nSPS) is 12.1. The van der Waals surface area contributed by atoms with Crippen molar-refractivity contribution in [2.75, 3.05) is 0 Å². The van der Waals surface area contributed by atoms with E-state index in [9.17, 15) is 21.6 Å². The molecule has 0 atom stereocenters. The smallest absolute Gasteiger partial charge is 0.219 e. The van der Waals surface area contributed by atoms with Crippen LogP contribution < -0.4 is 0 Å². The zero-order valence-electron chi connectivity index (χ0n) is 6.42. The summed E-state index contributed by atoms with van der Waals surface area (Å²) in [6.45, 7) is 0. The second-order valence-corrected chi connectivity index (χ2v) is 4.85. The molecule has 0 aliphatic carbocycles. The van der Waals surface area contributed by atoms with Gasteiger partial charge in [-0.2, -0.15) is 4.39 Å². The summed E-state index contributed by atoms with van der Waals surface area (Å²) >= 11 is 0. The number of rotatable bonds is 2. The lowest BCUT2D eigenvalue weighted by molar-refractivity contribution is 0.144. The van der Waals surface area contributed by atoms with Crippen LogP contribution in [0.3, 0.4) is 0 Å². The molecular formula is C6H3ClF3NO2S. The molecule has 0 unspecified atom stereocenters. The Labute approximate surface area is 81.9 Å². The van der Waals surface area contributed by atoms with Crippen LogP contribution in [-0.4, -0.2) is 13.4 Å². The van der Waals surface area contributed by atoms with Crippen molar-refractivity contribution in [3.8, 4) is 0 Å². The van der Waals surface area contributed by atoms with Gasteiger partial charge in [0.2, 0.25) is 5.95 Å². The van der Waals surface area contributed by atoms with Gasteiger partial charge in [0.15, 0.2) is 0 Å². The fourth-order valence-corrected chi connectivity index (χ4v) is 1.51. The first kappa shape index (κ1) is 11.3. The molecule has 1 aromatic rings. The number of hydrogen-bond donors (Lipinski definition) is 0. The Morgan fingerprint density at radius 1 is 1.36 bits per heavy atom. The molecule has 0 radical (unpaired) electrons. The van der Waals surface area contributed by atoms with Gasteiger partial charge in [0.1, 0.15) is 5.69 Å². The molecule has 78 valence electrons. The topological polar surface area (TPSA) is 47.0 Å². The van der Waals surface area contributed by atoms with Gasteiger partial charge >= 0.3 is 0 Å². The summed E-state index contributed by atoms with van der Waals surface area (Å²) in [5, 5.41) is 0. The van der Waals surface area contributed by atoms with E-state index >= 15 is 0 Å². The van der Waals surface area contributed by atoms with Gasteiger partial charge in [-0.05, 0) is 6.07 Å². The lowest BCUT2D eigenvalue weighted by Crippen LogP contribution is -1.99. The lowest BCUT2D eigenvalue weighted by atomic mass is 10.3. The fourth-order valence-electron chi connectivity index (χ4n) is 0.745. The zero-order chi connectivity index (χ0) is 10.9. The molecule has 0 aliphatic heterocycles. The fraction of sp³-hybridized carbons (Fsp3) is 0.167. The van der Waals surface area contributed by atoms with E-state index in [2.05, 4.69) is 4.98 Å². The molecule has 8 heteroatoms. The van der Waals surface area contributed by atoms with Crippen LogP contribution in [0.5, 0.6) is 0 Å². The number of aromatic nitrogens is 1. The van der Waals surface area contributed by atoms with Crippen LogP contribution in [0.15, 0.2) is 17.0 Å². The molecule has 0 saturated carbocycles. The molecule has 0 aromatic carbocycles. The second kappa shape index (κ2) is 3.74. The predicted molar refractivity (Wildman–Crippen MR) is 42.2 cm³/mol. The van der Waals surface area contributed by atoms with Gasteiger partial charge in [0.25, 0.3) is 15.5 Å². The third kappa shape index (κ3) is 2.58. The van der Waals surface area contributed by atoms with Crippen LogP contribution in [0.2, 0.25) is 0 Å². The van der Waals surface area contributed by atoms with E-state index < -0.39 is 32.0 Å². The Balaban J connectivity index is 3.35. The highest BCUT2D eigenvalue weighted by Gasteiger charge is 2.17. The molecule has 14 heavy (non-hydrogen) atoms. The molecule has 0 N–H and O–H groups in total. The minimum absolute atomic E-state index is 0.466. The van der Waals surface area contributed by atoms with Crippen LogP contribution >= 0.6 is 10.7 Å². The molecule has 0 spiro atoms. The number of halogens is 4. The minimum Gasteiger partial charge on any atom is -0.219 e. The van der Waals surface area contributed by atoms with Crippen LogP contribution in [-0.2, 0) is 9.05 Å². The van der Waals surface area contributed by atoms with Gasteiger partial charge in [-0.25, -0.2) is 22.2 Å². The number of nitrogens with zero attached hydrogens (tertiary/aromatic N) is 1. The summed E-state index contributed by atoms with van der Waals surface area (Å²) in [6.07, 6.45) is -3.05.